The Labute approximate surface area is 165 Å². The van der Waals surface area contributed by atoms with Crippen molar-refractivity contribution in [3.05, 3.63) is 29.8 Å². The van der Waals surface area contributed by atoms with Gasteiger partial charge < -0.3 is 9.47 Å². The van der Waals surface area contributed by atoms with Crippen LogP contribution in [0.4, 0.5) is 10.5 Å². The minimum Gasteiger partial charge on any atom is -0.454 e. The van der Waals surface area contributed by atoms with Crippen LogP contribution in [0.5, 0.6) is 0 Å². The van der Waals surface area contributed by atoms with Crippen LogP contribution in [0.3, 0.4) is 0 Å². The Morgan fingerprint density at radius 3 is 2.29 bits per heavy atom. The van der Waals surface area contributed by atoms with Crippen LogP contribution in [0, 0.1) is 23.2 Å². The van der Waals surface area contributed by atoms with Crippen molar-refractivity contribution in [3.63, 3.8) is 0 Å². The highest BCUT2D eigenvalue weighted by molar-refractivity contribution is 5.95. The van der Waals surface area contributed by atoms with E-state index < -0.39 is 12.1 Å². The molecule has 0 unspecified atom stereocenters. The van der Waals surface area contributed by atoms with Crippen molar-refractivity contribution in [1.82, 2.24) is 0 Å². The lowest BCUT2D eigenvalue weighted by Crippen LogP contribution is -2.51. The number of benzene rings is 1. The molecule has 28 heavy (non-hydrogen) atoms. The van der Waals surface area contributed by atoms with E-state index in [1.165, 1.54) is 25.3 Å². The lowest BCUT2D eigenvalue weighted by atomic mass is 9.48. The lowest BCUT2D eigenvalue weighted by Gasteiger charge is -2.55. The van der Waals surface area contributed by atoms with Crippen molar-refractivity contribution < 1.29 is 23.9 Å². The first-order chi connectivity index (χ1) is 13.5. The Balaban J connectivity index is 1.36. The number of ether oxygens (including phenoxy) is 2. The van der Waals surface area contributed by atoms with Crippen molar-refractivity contribution in [2.45, 2.75) is 45.4 Å². The Bertz CT molecular complexity index is 752. The number of esters is 1. The third-order valence-corrected chi connectivity index (χ3v) is 6.58. The van der Waals surface area contributed by atoms with E-state index >= 15 is 0 Å². The summed E-state index contributed by atoms with van der Waals surface area (Å²) in [4.78, 5) is 36.9. The van der Waals surface area contributed by atoms with Gasteiger partial charge in [0.15, 0.2) is 12.4 Å². The molecule has 5 rings (SSSR count). The van der Waals surface area contributed by atoms with E-state index in [4.69, 9.17) is 9.47 Å². The number of hydrogen-bond acceptors (Lipinski definition) is 5. The van der Waals surface area contributed by atoms with Crippen LogP contribution >= 0.6 is 0 Å². The Hall–Kier alpha value is -2.37. The zero-order valence-electron chi connectivity index (χ0n) is 16.2. The predicted octanol–water partition coefficient (Wildman–Crippen LogP) is 4.20. The number of rotatable bonds is 6. The normalized spacial score (nSPS) is 30.0. The zero-order valence-corrected chi connectivity index (χ0v) is 16.2. The zero-order chi connectivity index (χ0) is 19.7. The summed E-state index contributed by atoms with van der Waals surface area (Å²) >= 11 is 0. The van der Waals surface area contributed by atoms with E-state index in [2.05, 4.69) is 5.32 Å². The Kier molecular flexibility index (Phi) is 5.13. The summed E-state index contributed by atoms with van der Waals surface area (Å²) in [6.07, 6.45) is 6.13. The molecule has 0 atom stereocenters. The number of amides is 1. The van der Waals surface area contributed by atoms with Gasteiger partial charge in [0.25, 0.3) is 0 Å². The van der Waals surface area contributed by atoms with E-state index in [0.717, 1.165) is 19.3 Å². The predicted molar refractivity (Wildman–Crippen MR) is 103 cm³/mol. The van der Waals surface area contributed by atoms with Gasteiger partial charge in [0.05, 0.1) is 12.2 Å². The summed E-state index contributed by atoms with van der Waals surface area (Å²) in [6.45, 7) is 1.81. The number of carbonyl (C=O) groups is 3. The molecular formula is C22H27NO5. The molecule has 4 aliphatic carbocycles. The van der Waals surface area contributed by atoms with E-state index in [1.807, 2.05) is 0 Å². The van der Waals surface area contributed by atoms with E-state index in [1.54, 1.807) is 25.1 Å². The largest absolute Gasteiger partial charge is 0.454 e. The van der Waals surface area contributed by atoms with Crippen molar-refractivity contribution in [3.8, 4) is 0 Å². The molecule has 1 aromatic carbocycles. The second-order valence-corrected chi connectivity index (χ2v) is 8.62. The summed E-state index contributed by atoms with van der Waals surface area (Å²) in [5.74, 6) is 1.57. The topological polar surface area (TPSA) is 81.7 Å². The summed E-state index contributed by atoms with van der Waals surface area (Å²) < 4.78 is 10.2. The first kappa shape index (κ1) is 19.0. The Morgan fingerprint density at radius 1 is 1.04 bits per heavy atom. The smallest absolute Gasteiger partial charge is 0.411 e. The van der Waals surface area contributed by atoms with Gasteiger partial charge in [0.2, 0.25) is 0 Å². The number of hydrogen-bond donors (Lipinski definition) is 1. The molecule has 1 N–H and O–H groups in total. The van der Waals surface area contributed by atoms with Gasteiger partial charge in [-0.3, -0.25) is 10.1 Å². The highest BCUT2D eigenvalue weighted by Crippen LogP contribution is 2.60. The average molecular weight is 385 g/mol. The van der Waals surface area contributed by atoms with Crippen molar-refractivity contribution in [1.29, 1.82) is 0 Å². The number of carbonyl (C=O) groups excluding carboxylic acids is 3. The van der Waals surface area contributed by atoms with Gasteiger partial charge >= 0.3 is 12.1 Å². The fourth-order valence-electron chi connectivity index (χ4n) is 5.83. The number of Topliss-reactive ketones (excluding diaryl/α,β-unsaturated/α-hetero) is 1. The van der Waals surface area contributed by atoms with Crippen LogP contribution in [0.25, 0.3) is 0 Å². The number of nitrogens with one attached hydrogen (secondary N) is 1. The first-order valence-electron chi connectivity index (χ1n) is 10.2. The molecule has 6 heteroatoms. The molecule has 1 amide bonds. The van der Waals surface area contributed by atoms with Crippen LogP contribution in [-0.2, 0) is 14.3 Å². The van der Waals surface area contributed by atoms with Gasteiger partial charge in [-0.25, -0.2) is 9.59 Å². The first-order valence-corrected chi connectivity index (χ1v) is 10.2. The molecule has 150 valence electrons. The maximum absolute atomic E-state index is 13.0. The van der Waals surface area contributed by atoms with Crippen LogP contribution in [0.15, 0.2) is 24.3 Å². The molecule has 6 nitrogen and oxygen atoms in total. The van der Waals surface area contributed by atoms with E-state index in [-0.39, 0.29) is 24.4 Å². The third-order valence-electron chi connectivity index (χ3n) is 6.58. The van der Waals surface area contributed by atoms with Crippen LogP contribution in [0.2, 0.25) is 0 Å². The molecular weight excluding hydrogens is 358 g/mol. The molecule has 0 heterocycles. The van der Waals surface area contributed by atoms with E-state index in [0.29, 0.717) is 29.0 Å². The summed E-state index contributed by atoms with van der Waals surface area (Å²) in [6, 6.07) is 6.44. The van der Waals surface area contributed by atoms with Gasteiger partial charge in [0, 0.05) is 11.1 Å². The second kappa shape index (κ2) is 7.57. The molecule has 4 aliphatic rings. The fraction of sp³-hybridized carbons (Fsp3) is 0.591. The van der Waals surface area contributed by atoms with Gasteiger partial charge in [-0.15, -0.1) is 0 Å². The molecule has 4 fully saturated rings. The maximum Gasteiger partial charge on any atom is 0.411 e. The third kappa shape index (κ3) is 3.77. The molecule has 0 spiro atoms. The quantitative estimate of drug-likeness (QED) is 0.742. The molecule has 4 bridgehead atoms. The number of ketones is 1. The van der Waals surface area contributed by atoms with E-state index in [9.17, 15) is 14.4 Å². The summed E-state index contributed by atoms with van der Waals surface area (Å²) in [5.41, 5.74) is 0.482. The summed E-state index contributed by atoms with van der Waals surface area (Å²) in [7, 11) is 0. The highest BCUT2D eigenvalue weighted by Gasteiger charge is 2.54. The van der Waals surface area contributed by atoms with Crippen LogP contribution in [0.1, 0.15) is 55.8 Å². The molecule has 0 saturated heterocycles. The average Bonchev–Trinajstić information content (AvgIpc) is 2.65. The minimum atomic E-state index is -0.579. The monoisotopic (exact) mass is 385 g/mol. The molecule has 0 aliphatic heterocycles. The Morgan fingerprint density at radius 2 is 1.68 bits per heavy atom. The minimum absolute atomic E-state index is 0.0840. The highest BCUT2D eigenvalue weighted by atomic mass is 16.5. The van der Waals surface area contributed by atoms with Crippen molar-refractivity contribution in [2.24, 2.45) is 23.2 Å². The van der Waals surface area contributed by atoms with Crippen LogP contribution in [-0.4, -0.2) is 31.1 Å². The van der Waals surface area contributed by atoms with Gasteiger partial charge in [-0.2, -0.15) is 0 Å². The lowest BCUT2D eigenvalue weighted by molar-refractivity contribution is -0.147. The standard InChI is InChI=1S/C22H27NO5/c1-2-27-21(26)23-18-5-3-4-17(9-18)20(25)28-13-19(24)22-10-14-6-15(11-22)8-16(7-14)12-22/h3-5,9,14-16H,2,6-8,10-13H2,1H3,(H,23,26). The molecule has 0 radical (unpaired) electrons. The van der Waals surface area contributed by atoms with Crippen molar-refractivity contribution >= 4 is 23.5 Å². The molecule has 0 aromatic heterocycles. The molecule has 4 saturated carbocycles. The van der Waals surface area contributed by atoms with Gasteiger partial charge in [0.1, 0.15) is 0 Å². The van der Waals surface area contributed by atoms with Gasteiger partial charge in [-0.05, 0) is 81.4 Å². The molecule has 1 aromatic rings. The fourth-order valence-corrected chi connectivity index (χ4v) is 5.83. The number of anilines is 1. The second-order valence-electron chi connectivity index (χ2n) is 8.62. The summed E-state index contributed by atoms with van der Waals surface area (Å²) in [5, 5.41) is 2.56. The van der Waals surface area contributed by atoms with Gasteiger partial charge in [-0.1, -0.05) is 6.07 Å². The maximum atomic E-state index is 13.0. The van der Waals surface area contributed by atoms with Crippen molar-refractivity contribution in [2.75, 3.05) is 18.5 Å². The van der Waals surface area contributed by atoms with Crippen LogP contribution < -0.4 is 5.32 Å². The SMILES string of the molecule is CCOC(=O)Nc1cccc(C(=O)OCC(=O)C23CC4CC(CC(C4)C2)C3)c1.